The predicted molar refractivity (Wildman–Crippen MR) is 106 cm³/mol. The molecule has 0 unspecified atom stereocenters. The van der Waals surface area contributed by atoms with Crippen LogP contribution in [0.2, 0.25) is 0 Å². The molecule has 1 amide bonds. The van der Waals surface area contributed by atoms with E-state index in [2.05, 4.69) is 24.4 Å². The number of ether oxygens (including phenoxy) is 4. The van der Waals surface area contributed by atoms with E-state index in [-0.39, 0.29) is 11.3 Å². The monoisotopic (exact) mass is 384 g/mol. The normalized spacial score (nSPS) is 15.0. The number of nitrogens with zero attached hydrogens (tertiary/aromatic N) is 1. The topological polar surface area (TPSA) is 78.4 Å². The van der Waals surface area contributed by atoms with Crippen molar-refractivity contribution in [3.8, 4) is 23.0 Å². The Hall–Kier alpha value is -3.22. The Bertz CT molecular complexity index is 892. The van der Waals surface area contributed by atoms with Gasteiger partial charge in [-0.15, -0.1) is 0 Å². The summed E-state index contributed by atoms with van der Waals surface area (Å²) in [6.45, 7) is 5.33. The fraction of sp³-hybridized carbons (Fsp3) is 0.333. The van der Waals surface area contributed by atoms with E-state index in [0.29, 0.717) is 41.8 Å². The van der Waals surface area contributed by atoms with Crippen LogP contribution < -0.4 is 24.4 Å². The first-order valence-electron chi connectivity index (χ1n) is 8.87. The molecule has 1 aliphatic heterocycles. The van der Waals surface area contributed by atoms with Crippen molar-refractivity contribution in [2.45, 2.75) is 13.8 Å². The summed E-state index contributed by atoms with van der Waals surface area (Å²) in [7, 11) is 3.06. The number of amides is 1. The molecule has 0 fully saturated rings. The Balaban J connectivity index is 1.67. The maximum atomic E-state index is 12.3. The standard InChI is InChI=1S/C21H24N2O5/c1-21(2)12-27-17-7-5-14(9-19(17)28-13-21)11-22-23-20(24)15-6-8-16(25-3)18(10-15)26-4/h5-11H,12-13H2,1-4H3,(H,23,24)/b22-11+. The molecule has 0 spiro atoms. The number of carbonyl (C=O) groups is 1. The van der Waals surface area contributed by atoms with Gasteiger partial charge in [0.2, 0.25) is 0 Å². The zero-order valence-electron chi connectivity index (χ0n) is 16.4. The van der Waals surface area contributed by atoms with Gasteiger partial charge in [0.1, 0.15) is 0 Å². The first-order valence-corrected chi connectivity index (χ1v) is 8.87. The third-order valence-electron chi connectivity index (χ3n) is 4.23. The molecule has 1 aliphatic rings. The van der Waals surface area contributed by atoms with Gasteiger partial charge in [0.25, 0.3) is 5.91 Å². The highest BCUT2D eigenvalue weighted by Crippen LogP contribution is 2.34. The summed E-state index contributed by atoms with van der Waals surface area (Å²) in [5.41, 5.74) is 3.65. The highest BCUT2D eigenvalue weighted by Gasteiger charge is 2.25. The third kappa shape index (κ3) is 4.54. The molecule has 7 nitrogen and oxygen atoms in total. The lowest BCUT2D eigenvalue weighted by molar-refractivity contribution is 0.0954. The van der Waals surface area contributed by atoms with Gasteiger partial charge in [-0.05, 0) is 42.0 Å². The van der Waals surface area contributed by atoms with Crippen molar-refractivity contribution in [1.82, 2.24) is 5.43 Å². The van der Waals surface area contributed by atoms with Gasteiger partial charge in [-0.25, -0.2) is 5.43 Å². The van der Waals surface area contributed by atoms with Crippen LogP contribution in [0.25, 0.3) is 0 Å². The van der Waals surface area contributed by atoms with E-state index in [1.807, 2.05) is 18.2 Å². The fourth-order valence-corrected chi connectivity index (χ4v) is 2.63. The van der Waals surface area contributed by atoms with Crippen LogP contribution in [-0.2, 0) is 0 Å². The summed E-state index contributed by atoms with van der Waals surface area (Å²) in [6.07, 6.45) is 1.55. The van der Waals surface area contributed by atoms with Gasteiger partial charge in [0.05, 0.1) is 33.6 Å². The van der Waals surface area contributed by atoms with E-state index in [1.54, 1.807) is 24.4 Å². The molecule has 0 aromatic heterocycles. The molecular weight excluding hydrogens is 360 g/mol. The van der Waals surface area contributed by atoms with E-state index in [1.165, 1.54) is 14.2 Å². The Morgan fingerprint density at radius 3 is 2.46 bits per heavy atom. The van der Waals surface area contributed by atoms with Crippen LogP contribution >= 0.6 is 0 Å². The number of benzene rings is 2. The van der Waals surface area contributed by atoms with E-state index in [4.69, 9.17) is 18.9 Å². The second-order valence-electron chi connectivity index (χ2n) is 7.22. The summed E-state index contributed by atoms with van der Waals surface area (Å²) < 4.78 is 22.0. The van der Waals surface area contributed by atoms with Crippen LogP contribution in [0.4, 0.5) is 0 Å². The Labute approximate surface area is 164 Å². The van der Waals surface area contributed by atoms with Crippen LogP contribution in [-0.4, -0.2) is 39.6 Å². The maximum Gasteiger partial charge on any atom is 0.271 e. The first kappa shape index (κ1) is 19.5. The number of methoxy groups -OCH3 is 2. The zero-order chi connectivity index (χ0) is 20.1. The molecule has 7 heteroatoms. The molecule has 1 N–H and O–H groups in total. The molecular formula is C21H24N2O5. The van der Waals surface area contributed by atoms with Crippen LogP contribution in [0.1, 0.15) is 29.8 Å². The molecule has 148 valence electrons. The number of hydrogen-bond donors (Lipinski definition) is 1. The fourth-order valence-electron chi connectivity index (χ4n) is 2.63. The average molecular weight is 384 g/mol. The van der Waals surface area contributed by atoms with E-state index < -0.39 is 0 Å². The Morgan fingerprint density at radius 1 is 1.04 bits per heavy atom. The minimum absolute atomic E-state index is 0.0549. The molecule has 2 aromatic rings. The number of hydrazone groups is 1. The smallest absolute Gasteiger partial charge is 0.271 e. The third-order valence-corrected chi connectivity index (χ3v) is 4.23. The van der Waals surface area contributed by atoms with Crippen LogP contribution in [0, 0.1) is 5.41 Å². The maximum absolute atomic E-state index is 12.3. The van der Waals surface area contributed by atoms with Gasteiger partial charge in [0.15, 0.2) is 23.0 Å². The summed E-state index contributed by atoms with van der Waals surface area (Å²) in [6, 6.07) is 10.4. The lowest BCUT2D eigenvalue weighted by atomic mass is 9.97. The summed E-state index contributed by atoms with van der Waals surface area (Å²) in [4.78, 5) is 12.3. The SMILES string of the molecule is COc1ccc(C(=O)N/N=C/c2ccc3c(c2)OCC(C)(C)CO3)cc1OC. The van der Waals surface area contributed by atoms with Crippen molar-refractivity contribution in [2.24, 2.45) is 10.5 Å². The number of carbonyl (C=O) groups excluding carboxylic acids is 1. The van der Waals surface area contributed by atoms with Crippen molar-refractivity contribution in [1.29, 1.82) is 0 Å². The number of rotatable bonds is 5. The molecule has 1 heterocycles. The zero-order valence-corrected chi connectivity index (χ0v) is 16.4. The second kappa shape index (κ2) is 8.21. The molecule has 3 rings (SSSR count). The lowest BCUT2D eigenvalue weighted by Gasteiger charge is -2.19. The summed E-state index contributed by atoms with van der Waals surface area (Å²) >= 11 is 0. The summed E-state index contributed by atoms with van der Waals surface area (Å²) in [5.74, 6) is 2.05. The molecule has 28 heavy (non-hydrogen) atoms. The first-order chi connectivity index (χ1) is 13.4. The van der Waals surface area contributed by atoms with Gasteiger partial charge in [-0.3, -0.25) is 4.79 Å². The molecule has 0 bridgehead atoms. The molecule has 0 aliphatic carbocycles. The van der Waals surface area contributed by atoms with E-state index in [9.17, 15) is 4.79 Å². The van der Waals surface area contributed by atoms with Gasteiger partial charge >= 0.3 is 0 Å². The Morgan fingerprint density at radius 2 is 1.75 bits per heavy atom. The quantitative estimate of drug-likeness (QED) is 0.632. The van der Waals surface area contributed by atoms with Crippen LogP contribution in [0.5, 0.6) is 23.0 Å². The van der Waals surface area contributed by atoms with Crippen molar-refractivity contribution in [3.05, 3.63) is 47.5 Å². The number of nitrogens with one attached hydrogen (secondary N) is 1. The van der Waals surface area contributed by atoms with E-state index >= 15 is 0 Å². The summed E-state index contributed by atoms with van der Waals surface area (Å²) in [5, 5.41) is 4.02. The highest BCUT2D eigenvalue weighted by atomic mass is 16.5. The predicted octanol–water partition coefficient (Wildman–Crippen LogP) is 3.27. The minimum Gasteiger partial charge on any atom is -0.493 e. The van der Waals surface area contributed by atoms with Gasteiger partial charge in [-0.1, -0.05) is 13.8 Å². The molecule has 0 saturated carbocycles. The van der Waals surface area contributed by atoms with Crippen molar-refractivity contribution in [3.63, 3.8) is 0 Å². The van der Waals surface area contributed by atoms with Crippen molar-refractivity contribution in [2.75, 3.05) is 27.4 Å². The highest BCUT2D eigenvalue weighted by molar-refractivity contribution is 5.95. The van der Waals surface area contributed by atoms with Crippen LogP contribution in [0.15, 0.2) is 41.5 Å². The van der Waals surface area contributed by atoms with E-state index in [0.717, 1.165) is 5.56 Å². The second-order valence-corrected chi connectivity index (χ2v) is 7.22. The number of hydrogen-bond acceptors (Lipinski definition) is 6. The molecule has 0 saturated heterocycles. The lowest BCUT2D eigenvalue weighted by Crippen LogP contribution is -2.26. The van der Waals surface area contributed by atoms with Crippen molar-refractivity contribution < 1.29 is 23.7 Å². The average Bonchev–Trinajstić information content (AvgIpc) is 2.85. The Kier molecular flexibility index (Phi) is 5.73. The van der Waals surface area contributed by atoms with Gasteiger partial charge < -0.3 is 18.9 Å². The van der Waals surface area contributed by atoms with Gasteiger partial charge in [0, 0.05) is 11.0 Å². The molecule has 0 radical (unpaired) electrons. The minimum atomic E-state index is -0.353. The largest absolute Gasteiger partial charge is 0.493 e. The van der Waals surface area contributed by atoms with Gasteiger partial charge in [-0.2, -0.15) is 5.10 Å². The molecule has 2 aromatic carbocycles. The van der Waals surface area contributed by atoms with Crippen molar-refractivity contribution >= 4 is 12.1 Å². The molecule has 0 atom stereocenters. The number of fused-ring (bicyclic) bond motifs is 1. The van der Waals surface area contributed by atoms with Crippen LogP contribution in [0.3, 0.4) is 0 Å².